The smallest absolute Gasteiger partial charge is 0.168 e. The summed E-state index contributed by atoms with van der Waals surface area (Å²) < 4.78 is 0. The SMILES string of the molecule is Cc1cc(C)cc(CC(=O)c2ccc(Cl)cc2Cl)c1. The van der Waals surface area contributed by atoms with E-state index in [9.17, 15) is 4.79 Å². The highest BCUT2D eigenvalue weighted by atomic mass is 35.5. The lowest BCUT2D eigenvalue weighted by Crippen LogP contribution is -2.04. The minimum Gasteiger partial charge on any atom is -0.294 e. The van der Waals surface area contributed by atoms with Gasteiger partial charge >= 0.3 is 0 Å². The van der Waals surface area contributed by atoms with Crippen LogP contribution in [0.1, 0.15) is 27.0 Å². The highest BCUT2D eigenvalue weighted by molar-refractivity contribution is 6.36. The topological polar surface area (TPSA) is 17.1 Å². The van der Waals surface area contributed by atoms with Crippen LogP contribution >= 0.6 is 23.2 Å². The monoisotopic (exact) mass is 292 g/mol. The maximum atomic E-state index is 12.2. The summed E-state index contributed by atoms with van der Waals surface area (Å²) in [6.45, 7) is 4.05. The summed E-state index contributed by atoms with van der Waals surface area (Å²) in [5.41, 5.74) is 3.84. The molecule has 0 amide bonds. The molecule has 0 aromatic heterocycles. The lowest BCUT2D eigenvalue weighted by atomic mass is 10.00. The quantitative estimate of drug-likeness (QED) is 0.725. The molecule has 0 spiro atoms. The third kappa shape index (κ3) is 3.59. The molecule has 0 radical (unpaired) electrons. The van der Waals surface area contributed by atoms with Gasteiger partial charge in [-0.2, -0.15) is 0 Å². The van der Waals surface area contributed by atoms with E-state index in [1.165, 1.54) is 0 Å². The predicted octanol–water partition coefficient (Wildman–Crippen LogP) is 5.04. The number of hydrogen-bond donors (Lipinski definition) is 0. The Hall–Kier alpha value is -1.31. The standard InChI is InChI=1S/C16H14Cl2O/c1-10-5-11(2)7-12(6-10)8-16(19)14-4-3-13(17)9-15(14)18/h3-7,9H,8H2,1-2H3. The zero-order valence-electron chi connectivity index (χ0n) is 10.8. The van der Waals surface area contributed by atoms with Crippen molar-refractivity contribution in [1.29, 1.82) is 0 Å². The molecule has 0 unspecified atom stereocenters. The van der Waals surface area contributed by atoms with E-state index in [-0.39, 0.29) is 5.78 Å². The maximum Gasteiger partial charge on any atom is 0.168 e. The molecule has 0 aliphatic carbocycles. The van der Waals surface area contributed by atoms with Gasteiger partial charge in [-0.1, -0.05) is 52.5 Å². The van der Waals surface area contributed by atoms with Gasteiger partial charge in [-0.3, -0.25) is 4.79 Å². The first-order valence-corrected chi connectivity index (χ1v) is 6.77. The van der Waals surface area contributed by atoms with Crippen LogP contribution in [-0.4, -0.2) is 5.78 Å². The second-order valence-electron chi connectivity index (χ2n) is 4.72. The van der Waals surface area contributed by atoms with Crippen molar-refractivity contribution in [3.8, 4) is 0 Å². The first-order valence-electron chi connectivity index (χ1n) is 6.01. The summed E-state index contributed by atoms with van der Waals surface area (Å²) in [4.78, 5) is 12.2. The summed E-state index contributed by atoms with van der Waals surface area (Å²) in [5.74, 6) is 0.00617. The molecule has 1 nitrogen and oxygen atoms in total. The van der Waals surface area contributed by atoms with Crippen LogP contribution in [0.15, 0.2) is 36.4 Å². The van der Waals surface area contributed by atoms with Crippen LogP contribution in [0, 0.1) is 13.8 Å². The number of carbonyl (C=O) groups excluding carboxylic acids is 1. The van der Waals surface area contributed by atoms with Gasteiger partial charge in [0.05, 0.1) is 5.02 Å². The van der Waals surface area contributed by atoms with Gasteiger partial charge in [0.1, 0.15) is 0 Å². The molecule has 0 fully saturated rings. The number of ketones is 1. The Morgan fingerprint density at radius 1 is 1.00 bits per heavy atom. The molecule has 3 heteroatoms. The molecular weight excluding hydrogens is 279 g/mol. The number of Topliss-reactive ketones (excluding diaryl/α,β-unsaturated/α-hetero) is 1. The molecule has 0 bridgehead atoms. The van der Waals surface area contributed by atoms with E-state index in [0.717, 1.165) is 16.7 Å². The highest BCUT2D eigenvalue weighted by Crippen LogP contribution is 2.22. The van der Waals surface area contributed by atoms with E-state index >= 15 is 0 Å². The number of halogens is 2. The fourth-order valence-electron chi connectivity index (χ4n) is 2.17. The molecule has 2 aromatic carbocycles. The minimum atomic E-state index is 0.00617. The van der Waals surface area contributed by atoms with E-state index in [0.29, 0.717) is 22.0 Å². The summed E-state index contributed by atoms with van der Waals surface area (Å²) in [7, 11) is 0. The Kier molecular flexibility index (Phi) is 4.28. The van der Waals surface area contributed by atoms with E-state index in [4.69, 9.17) is 23.2 Å². The van der Waals surface area contributed by atoms with Crippen molar-refractivity contribution in [1.82, 2.24) is 0 Å². The number of benzene rings is 2. The van der Waals surface area contributed by atoms with Crippen LogP contribution in [0.5, 0.6) is 0 Å². The minimum absolute atomic E-state index is 0.00617. The Bertz CT molecular complexity index is 612. The van der Waals surface area contributed by atoms with E-state index in [2.05, 4.69) is 6.07 Å². The van der Waals surface area contributed by atoms with Gasteiger partial charge in [-0.15, -0.1) is 0 Å². The summed E-state index contributed by atoms with van der Waals surface area (Å²) >= 11 is 11.9. The fourth-order valence-corrected chi connectivity index (χ4v) is 2.68. The van der Waals surface area contributed by atoms with Gasteiger partial charge in [-0.25, -0.2) is 0 Å². The van der Waals surface area contributed by atoms with Crippen LogP contribution in [0.4, 0.5) is 0 Å². The predicted molar refractivity (Wildman–Crippen MR) is 80.4 cm³/mol. The third-order valence-corrected chi connectivity index (χ3v) is 3.43. The van der Waals surface area contributed by atoms with Gasteiger partial charge in [0.2, 0.25) is 0 Å². The van der Waals surface area contributed by atoms with Crippen molar-refractivity contribution in [2.24, 2.45) is 0 Å². The fraction of sp³-hybridized carbons (Fsp3) is 0.188. The molecule has 0 saturated heterocycles. The Morgan fingerprint density at radius 2 is 1.63 bits per heavy atom. The number of aryl methyl sites for hydroxylation is 2. The van der Waals surface area contributed by atoms with Crippen molar-refractivity contribution >= 4 is 29.0 Å². The van der Waals surface area contributed by atoms with Crippen molar-refractivity contribution in [3.63, 3.8) is 0 Å². The lowest BCUT2D eigenvalue weighted by Gasteiger charge is -2.06. The summed E-state index contributed by atoms with van der Waals surface area (Å²) in [5, 5.41) is 0.940. The van der Waals surface area contributed by atoms with E-state index in [1.807, 2.05) is 26.0 Å². The number of rotatable bonds is 3. The van der Waals surface area contributed by atoms with Crippen LogP contribution in [0.2, 0.25) is 10.0 Å². The zero-order chi connectivity index (χ0) is 14.0. The molecule has 0 atom stereocenters. The Labute approximate surface area is 123 Å². The first kappa shape index (κ1) is 14.1. The third-order valence-electron chi connectivity index (χ3n) is 2.88. The largest absolute Gasteiger partial charge is 0.294 e. The molecule has 0 saturated carbocycles. The molecular formula is C16H14Cl2O. The van der Waals surface area contributed by atoms with Crippen molar-refractivity contribution < 1.29 is 4.79 Å². The highest BCUT2D eigenvalue weighted by Gasteiger charge is 2.12. The van der Waals surface area contributed by atoms with Gasteiger partial charge in [0, 0.05) is 17.0 Å². The van der Waals surface area contributed by atoms with Crippen LogP contribution in [0.25, 0.3) is 0 Å². The molecule has 0 aliphatic heterocycles. The second-order valence-corrected chi connectivity index (χ2v) is 5.56. The van der Waals surface area contributed by atoms with Gasteiger partial charge in [0.25, 0.3) is 0 Å². The molecule has 2 rings (SSSR count). The molecule has 0 N–H and O–H groups in total. The first-order chi connectivity index (χ1) is 8.95. The molecule has 2 aromatic rings. The average molecular weight is 293 g/mol. The van der Waals surface area contributed by atoms with Crippen molar-refractivity contribution in [2.75, 3.05) is 0 Å². The van der Waals surface area contributed by atoms with Gasteiger partial charge in [0.15, 0.2) is 5.78 Å². The lowest BCUT2D eigenvalue weighted by molar-refractivity contribution is 0.0993. The maximum absolute atomic E-state index is 12.2. The Morgan fingerprint density at radius 3 is 2.21 bits per heavy atom. The van der Waals surface area contributed by atoms with Crippen molar-refractivity contribution in [3.05, 3.63) is 68.7 Å². The molecule has 0 heterocycles. The normalized spacial score (nSPS) is 10.5. The summed E-state index contributed by atoms with van der Waals surface area (Å²) in [6.07, 6.45) is 0.351. The number of hydrogen-bond acceptors (Lipinski definition) is 1. The second kappa shape index (κ2) is 5.77. The molecule has 19 heavy (non-hydrogen) atoms. The van der Waals surface area contributed by atoms with Gasteiger partial charge in [-0.05, 0) is 37.6 Å². The van der Waals surface area contributed by atoms with Gasteiger partial charge < -0.3 is 0 Å². The molecule has 98 valence electrons. The molecule has 0 aliphatic rings. The van der Waals surface area contributed by atoms with E-state index in [1.54, 1.807) is 18.2 Å². The average Bonchev–Trinajstić information content (AvgIpc) is 2.26. The zero-order valence-corrected chi connectivity index (χ0v) is 12.3. The summed E-state index contributed by atoms with van der Waals surface area (Å²) in [6, 6.07) is 11.1. The number of carbonyl (C=O) groups is 1. The van der Waals surface area contributed by atoms with E-state index < -0.39 is 0 Å². The van der Waals surface area contributed by atoms with Crippen LogP contribution in [0.3, 0.4) is 0 Å². The van der Waals surface area contributed by atoms with Crippen LogP contribution in [-0.2, 0) is 6.42 Å². The Balaban J connectivity index is 2.25. The van der Waals surface area contributed by atoms with Crippen LogP contribution < -0.4 is 0 Å². The van der Waals surface area contributed by atoms with Crippen molar-refractivity contribution in [2.45, 2.75) is 20.3 Å².